The molecule has 1 aliphatic rings. The number of carbonyl (C=O) groups is 2. The summed E-state index contributed by atoms with van der Waals surface area (Å²) in [5.41, 5.74) is 0.0560. The molecule has 2 heterocycles. The van der Waals surface area contributed by atoms with Gasteiger partial charge in [-0.05, 0) is 18.6 Å². The Morgan fingerprint density at radius 3 is 2.94 bits per heavy atom. The second kappa shape index (κ2) is 5.12. The molecule has 0 radical (unpaired) electrons. The van der Waals surface area contributed by atoms with Crippen molar-refractivity contribution in [3.05, 3.63) is 29.8 Å². The molecule has 1 aliphatic heterocycles. The van der Waals surface area contributed by atoms with Crippen molar-refractivity contribution >= 4 is 11.9 Å². The molecule has 0 bridgehead atoms. The summed E-state index contributed by atoms with van der Waals surface area (Å²) in [5.74, 6) is -1.67. The van der Waals surface area contributed by atoms with Crippen molar-refractivity contribution in [1.29, 1.82) is 0 Å². The van der Waals surface area contributed by atoms with Gasteiger partial charge in [0.05, 0.1) is 13.0 Å². The third-order valence-electron chi connectivity index (χ3n) is 2.94. The van der Waals surface area contributed by atoms with Gasteiger partial charge in [0, 0.05) is 13.1 Å². The highest BCUT2D eigenvalue weighted by atomic mass is 19.1. The van der Waals surface area contributed by atoms with Crippen LogP contribution in [0.4, 0.5) is 4.39 Å². The summed E-state index contributed by atoms with van der Waals surface area (Å²) in [6, 6.07) is 4.07. The van der Waals surface area contributed by atoms with Crippen molar-refractivity contribution in [2.24, 2.45) is 5.92 Å². The van der Waals surface area contributed by atoms with Crippen LogP contribution >= 0.6 is 0 Å². The summed E-state index contributed by atoms with van der Waals surface area (Å²) in [5, 5.41) is 0. The number of aromatic nitrogens is 1. The fourth-order valence-corrected chi connectivity index (χ4v) is 1.99. The number of methoxy groups -OCH3 is 1. The summed E-state index contributed by atoms with van der Waals surface area (Å²) in [6.07, 6.45) is 0.563. The van der Waals surface area contributed by atoms with Gasteiger partial charge in [-0.2, -0.15) is 4.39 Å². The first-order valence-electron chi connectivity index (χ1n) is 5.61. The highest BCUT2D eigenvalue weighted by Gasteiger charge is 2.32. The summed E-state index contributed by atoms with van der Waals surface area (Å²) in [4.78, 5) is 28.4. The van der Waals surface area contributed by atoms with Gasteiger partial charge < -0.3 is 9.64 Å². The molecule has 18 heavy (non-hydrogen) atoms. The number of amides is 1. The van der Waals surface area contributed by atoms with Gasteiger partial charge >= 0.3 is 5.97 Å². The fraction of sp³-hybridized carbons (Fsp3) is 0.417. The Morgan fingerprint density at radius 1 is 1.50 bits per heavy atom. The van der Waals surface area contributed by atoms with Crippen LogP contribution in [0.25, 0.3) is 0 Å². The molecule has 0 saturated carbocycles. The standard InChI is InChI=1S/C12H13FN2O3/c1-18-12(17)8-5-6-15(7-8)11(16)9-3-2-4-10(13)14-9/h2-4,8H,5-7H2,1H3. The van der Waals surface area contributed by atoms with Crippen LogP contribution in [0.2, 0.25) is 0 Å². The molecule has 1 amide bonds. The number of likely N-dealkylation sites (tertiary alicyclic amines) is 1. The van der Waals surface area contributed by atoms with E-state index in [0.29, 0.717) is 19.5 Å². The first-order chi connectivity index (χ1) is 8.61. The second-order valence-electron chi connectivity index (χ2n) is 4.11. The lowest BCUT2D eigenvalue weighted by molar-refractivity contribution is -0.144. The molecule has 1 aromatic heterocycles. The summed E-state index contributed by atoms with van der Waals surface area (Å²) in [7, 11) is 1.32. The number of ether oxygens (including phenoxy) is 1. The lowest BCUT2D eigenvalue weighted by atomic mass is 10.1. The van der Waals surface area contributed by atoms with Crippen LogP contribution < -0.4 is 0 Å². The van der Waals surface area contributed by atoms with Gasteiger partial charge in [-0.1, -0.05) is 6.07 Å². The normalized spacial score (nSPS) is 18.8. The van der Waals surface area contributed by atoms with Crippen LogP contribution in [0.15, 0.2) is 18.2 Å². The van der Waals surface area contributed by atoms with Crippen molar-refractivity contribution in [3.8, 4) is 0 Å². The molecular formula is C12H13FN2O3. The number of hydrogen-bond acceptors (Lipinski definition) is 4. The maximum atomic E-state index is 12.9. The predicted molar refractivity (Wildman–Crippen MR) is 60.2 cm³/mol. The van der Waals surface area contributed by atoms with Crippen molar-refractivity contribution in [3.63, 3.8) is 0 Å². The second-order valence-corrected chi connectivity index (χ2v) is 4.11. The van der Waals surface area contributed by atoms with E-state index in [4.69, 9.17) is 0 Å². The van der Waals surface area contributed by atoms with Crippen LogP contribution in [0.3, 0.4) is 0 Å². The van der Waals surface area contributed by atoms with E-state index in [1.165, 1.54) is 30.2 Å². The molecule has 6 heteroatoms. The Balaban J connectivity index is 2.06. The van der Waals surface area contributed by atoms with Gasteiger partial charge in [-0.15, -0.1) is 0 Å². The molecule has 0 N–H and O–H groups in total. The summed E-state index contributed by atoms with van der Waals surface area (Å²) in [6.45, 7) is 0.750. The zero-order valence-corrected chi connectivity index (χ0v) is 9.93. The Hall–Kier alpha value is -1.98. The van der Waals surface area contributed by atoms with Crippen LogP contribution in [0.1, 0.15) is 16.9 Å². The van der Waals surface area contributed by atoms with Crippen LogP contribution in [0.5, 0.6) is 0 Å². The average Bonchev–Trinajstić information content (AvgIpc) is 2.86. The minimum Gasteiger partial charge on any atom is -0.469 e. The SMILES string of the molecule is COC(=O)C1CCN(C(=O)c2cccc(F)n2)C1. The Kier molecular flexibility index (Phi) is 3.55. The van der Waals surface area contributed by atoms with E-state index < -0.39 is 5.95 Å². The van der Waals surface area contributed by atoms with Crippen molar-refractivity contribution in [2.75, 3.05) is 20.2 Å². The maximum absolute atomic E-state index is 12.9. The lowest BCUT2D eigenvalue weighted by Gasteiger charge is -2.15. The largest absolute Gasteiger partial charge is 0.469 e. The first kappa shape index (κ1) is 12.5. The molecule has 0 spiro atoms. The molecule has 0 aliphatic carbocycles. The molecule has 1 unspecified atom stereocenters. The zero-order valence-electron chi connectivity index (χ0n) is 9.93. The molecular weight excluding hydrogens is 239 g/mol. The van der Waals surface area contributed by atoms with Crippen LogP contribution in [-0.2, 0) is 9.53 Å². The topological polar surface area (TPSA) is 59.5 Å². The predicted octanol–water partition coefficient (Wildman–Crippen LogP) is 0.856. The van der Waals surface area contributed by atoms with Crippen molar-refractivity contribution < 1.29 is 18.7 Å². The molecule has 96 valence electrons. The number of esters is 1. The lowest BCUT2D eigenvalue weighted by Crippen LogP contribution is -2.30. The minimum atomic E-state index is -0.690. The fourth-order valence-electron chi connectivity index (χ4n) is 1.99. The van der Waals surface area contributed by atoms with Crippen molar-refractivity contribution in [1.82, 2.24) is 9.88 Å². The number of carbonyl (C=O) groups excluding carboxylic acids is 2. The van der Waals surface area contributed by atoms with E-state index in [1.807, 2.05) is 0 Å². The molecule has 2 rings (SSSR count). The molecule has 0 aromatic carbocycles. The summed E-state index contributed by atoms with van der Waals surface area (Å²) >= 11 is 0. The van der Waals surface area contributed by atoms with E-state index in [2.05, 4.69) is 9.72 Å². The Morgan fingerprint density at radius 2 is 2.28 bits per heavy atom. The van der Waals surface area contributed by atoms with Gasteiger partial charge in [0.25, 0.3) is 5.91 Å². The number of nitrogens with zero attached hydrogens (tertiary/aromatic N) is 2. The minimum absolute atomic E-state index is 0.0560. The van der Waals surface area contributed by atoms with E-state index in [1.54, 1.807) is 0 Å². The zero-order chi connectivity index (χ0) is 13.1. The average molecular weight is 252 g/mol. The van der Waals surface area contributed by atoms with Crippen LogP contribution in [0, 0.1) is 11.9 Å². The van der Waals surface area contributed by atoms with Gasteiger partial charge in [0.1, 0.15) is 5.69 Å². The molecule has 1 fully saturated rings. The number of hydrogen-bond donors (Lipinski definition) is 0. The van der Waals surface area contributed by atoms with E-state index >= 15 is 0 Å². The van der Waals surface area contributed by atoms with E-state index in [-0.39, 0.29) is 23.5 Å². The first-order valence-corrected chi connectivity index (χ1v) is 5.61. The third kappa shape index (κ3) is 2.47. The maximum Gasteiger partial charge on any atom is 0.310 e. The molecule has 1 atom stereocenters. The van der Waals surface area contributed by atoms with Crippen molar-refractivity contribution in [2.45, 2.75) is 6.42 Å². The van der Waals surface area contributed by atoms with Crippen LogP contribution in [-0.4, -0.2) is 42.0 Å². The van der Waals surface area contributed by atoms with Gasteiger partial charge in [0.15, 0.2) is 0 Å². The smallest absolute Gasteiger partial charge is 0.310 e. The highest BCUT2D eigenvalue weighted by Crippen LogP contribution is 2.19. The van der Waals surface area contributed by atoms with E-state index in [0.717, 1.165) is 0 Å². The highest BCUT2D eigenvalue weighted by molar-refractivity contribution is 5.93. The quantitative estimate of drug-likeness (QED) is 0.578. The Bertz CT molecular complexity index is 478. The third-order valence-corrected chi connectivity index (χ3v) is 2.94. The molecule has 1 saturated heterocycles. The van der Waals surface area contributed by atoms with Gasteiger partial charge in [-0.25, -0.2) is 4.98 Å². The molecule has 1 aromatic rings. The number of halogens is 1. The number of pyridine rings is 1. The monoisotopic (exact) mass is 252 g/mol. The van der Waals surface area contributed by atoms with Gasteiger partial charge in [0.2, 0.25) is 5.95 Å². The molecule has 5 nitrogen and oxygen atoms in total. The summed E-state index contributed by atoms with van der Waals surface area (Å²) < 4.78 is 17.6. The van der Waals surface area contributed by atoms with E-state index in [9.17, 15) is 14.0 Å². The number of rotatable bonds is 2. The van der Waals surface area contributed by atoms with Gasteiger partial charge in [-0.3, -0.25) is 9.59 Å². The Labute approximate surface area is 104 Å².